The van der Waals surface area contributed by atoms with E-state index in [9.17, 15) is 0 Å². The third-order valence-electron chi connectivity index (χ3n) is 10.4. The number of benzene rings is 1. The van der Waals surface area contributed by atoms with Gasteiger partial charge in [0.25, 0.3) is 0 Å². The Labute approximate surface area is 322 Å². The highest BCUT2D eigenvalue weighted by Crippen LogP contribution is 2.26. The molecule has 1 saturated carbocycles. The second-order valence-electron chi connectivity index (χ2n) is 15.5. The predicted octanol–water partition coefficient (Wildman–Crippen LogP) is 8.45. The summed E-state index contributed by atoms with van der Waals surface area (Å²) < 4.78 is 6.44. The summed E-state index contributed by atoms with van der Waals surface area (Å²) in [5, 5.41) is 14.4. The van der Waals surface area contributed by atoms with Crippen molar-refractivity contribution in [2.45, 2.75) is 174 Å². The largest absolute Gasteiger partial charge is 0.493 e. The molecule has 2 unspecified atom stereocenters. The smallest absolute Gasteiger partial charge is 0.119 e. The van der Waals surface area contributed by atoms with E-state index in [1.807, 2.05) is 0 Å². The maximum Gasteiger partial charge on any atom is 0.119 e. The molecule has 1 aliphatic rings. The van der Waals surface area contributed by atoms with Crippen LogP contribution in [0.3, 0.4) is 0 Å². The Kier molecular flexibility index (Phi) is 32.8. The van der Waals surface area contributed by atoms with Crippen LogP contribution in [0.5, 0.6) is 5.75 Å². The summed E-state index contributed by atoms with van der Waals surface area (Å²) >= 11 is 0. The van der Waals surface area contributed by atoms with Gasteiger partial charge in [0.15, 0.2) is 0 Å². The van der Waals surface area contributed by atoms with Gasteiger partial charge in [-0.3, -0.25) is 0 Å². The van der Waals surface area contributed by atoms with Crippen LogP contribution in [0, 0.1) is 5.92 Å². The molecule has 1 aromatic rings. The van der Waals surface area contributed by atoms with Crippen LogP contribution >= 0.6 is 12.4 Å². The third-order valence-corrected chi connectivity index (χ3v) is 10.4. The Hall–Kier alpha value is -0.930. The lowest BCUT2D eigenvalue weighted by Gasteiger charge is -2.22. The number of rotatable bonds is 35. The van der Waals surface area contributed by atoms with Crippen LogP contribution in [0.15, 0.2) is 18.2 Å². The molecule has 1 aromatic carbocycles. The molecule has 300 valence electrons. The summed E-state index contributed by atoms with van der Waals surface area (Å²) in [7, 11) is 0. The summed E-state index contributed by atoms with van der Waals surface area (Å²) in [4.78, 5) is 0. The quantitative estimate of drug-likeness (QED) is 0.0388. The molecular weight excluding hydrogens is 652 g/mol. The van der Waals surface area contributed by atoms with Gasteiger partial charge in [-0.2, -0.15) is 0 Å². The zero-order chi connectivity index (χ0) is 35.7. The zero-order valence-electron chi connectivity index (χ0n) is 33.6. The summed E-state index contributed by atoms with van der Waals surface area (Å²) in [5.41, 5.74) is 15.9. The second-order valence-corrected chi connectivity index (χ2v) is 15.5. The molecule has 0 saturated heterocycles. The molecule has 8 N–H and O–H groups in total. The number of unbranched alkanes of at least 4 members (excludes halogenated alkanes) is 10. The normalized spacial score (nSPS) is 14.7. The molecule has 8 heteroatoms. The van der Waals surface area contributed by atoms with E-state index in [0.29, 0.717) is 5.92 Å². The van der Waals surface area contributed by atoms with Crippen LogP contribution in [0.4, 0.5) is 0 Å². The average molecular weight is 738 g/mol. The fourth-order valence-corrected chi connectivity index (χ4v) is 7.24. The predicted molar refractivity (Wildman–Crippen MR) is 226 cm³/mol. The van der Waals surface area contributed by atoms with E-state index in [0.717, 1.165) is 90.4 Å². The molecule has 51 heavy (non-hydrogen) atoms. The van der Waals surface area contributed by atoms with Crippen LogP contribution in [-0.2, 0) is 12.8 Å². The summed E-state index contributed by atoms with van der Waals surface area (Å²) in [6, 6.07) is 7.07. The van der Waals surface area contributed by atoms with Crippen molar-refractivity contribution in [3.63, 3.8) is 0 Å². The van der Waals surface area contributed by atoms with E-state index in [1.165, 1.54) is 133 Å². The van der Waals surface area contributed by atoms with Gasteiger partial charge >= 0.3 is 0 Å². The summed E-state index contributed by atoms with van der Waals surface area (Å²) in [6.45, 7) is 13.9. The summed E-state index contributed by atoms with van der Waals surface area (Å²) in [6.07, 6.45) is 29.0. The fourth-order valence-electron chi connectivity index (χ4n) is 7.24. The highest BCUT2D eigenvalue weighted by molar-refractivity contribution is 5.85. The van der Waals surface area contributed by atoms with Crippen LogP contribution in [-0.4, -0.2) is 71.0 Å². The monoisotopic (exact) mass is 737 g/mol. The van der Waals surface area contributed by atoms with E-state index in [4.69, 9.17) is 16.2 Å². The number of ether oxygens (including phenoxy) is 1. The van der Waals surface area contributed by atoms with E-state index in [2.05, 4.69) is 53.3 Å². The standard InChI is InChI=1S/C43H84N6O.ClH/c1-3-5-7-9-11-16-24-46-26-18-28-48-30-22-41(44)33-39-32-40(36-43(35-39)50-37-38-20-14-13-15-21-38)34-42(45)23-31-49-29-19-27-47-25-17-12-10-8-6-4-2;/h32,35-36,38,41-42,46-49H,3-31,33-34,37,44-45H2,1-2H3;1H. The maximum atomic E-state index is 6.67. The Morgan fingerprint density at radius 3 is 1.43 bits per heavy atom. The van der Waals surface area contributed by atoms with Gasteiger partial charge in [-0.05, 0) is 146 Å². The van der Waals surface area contributed by atoms with Gasteiger partial charge < -0.3 is 37.5 Å². The molecule has 2 rings (SSSR count). The van der Waals surface area contributed by atoms with Crippen molar-refractivity contribution in [3.05, 3.63) is 29.3 Å². The minimum absolute atomic E-state index is 0. The van der Waals surface area contributed by atoms with Crippen molar-refractivity contribution in [2.75, 3.05) is 59.0 Å². The van der Waals surface area contributed by atoms with Crippen molar-refractivity contribution in [1.29, 1.82) is 0 Å². The SMILES string of the molecule is CCCCCCCCNCCCNCCC(N)Cc1cc(CC(N)CCNCCCNCCCCCCCC)cc(OCC2CCCCC2)c1.Cl. The van der Waals surface area contributed by atoms with Crippen molar-refractivity contribution >= 4 is 12.4 Å². The molecule has 7 nitrogen and oxygen atoms in total. The van der Waals surface area contributed by atoms with Crippen LogP contribution in [0.25, 0.3) is 0 Å². The van der Waals surface area contributed by atoms with Gasteiger partial charge in [-0.15, -0.1) is 12.4 Å². The van der Waals surface area contributed by atoms with Crippen molar-refractivity contribution in [1.82, 2.24) is 21.3 Å². The molecule has 2 atom stereocenters. The first-order chi connectivity index (χ1) is 24.6. The van der Waals surface area contributed by atoms with E-state index < -0.39 is 0 Å². The minimum atomic E-state index is 0. The fraction of sp³-hybridized carbons (Fsp3) is 0.860. The summed E-state index contributed by atoms with van der Waals surface area (Å²) in [5.74, 6) is 1.69. The van der Waals surface area contributed by atoms with Gasteiger partial charge in [0.1, 0.15) is 5.75 Å². The molecule has 1 aliphatic carbocycles. The highest BCUT2D eigenvalue weighted by atomic mass is 35.5. The number of halogens is 1. The molecule has 0 aliphatic heterocycles. The number of hydrogen-bond donors (Lipinski definition) is 6. The molecule has 0 heterocycles. The zero-order valence-corrected chi connectivity index (χ0v) is 34.4. The first-order valence-electron chi connectivity index (χ1n) is 21.7. The molecule has 0 radical (unpaired) electrons. The molecule has 0 spiro atoms. The molecule has 0 aromatic heterocycles. The van der Waals surface area contributed by atoms with E-state index in [1.54, 1.807) is 0 Å². The molecule has 0 bridgehead atoms. The molecule has 0 amide bonds. The number of nitrogens with one attached hydrogen (secondary N) is 4. The van der Waals surface area contributed by atoms with Crippen LogP contribution in [0.2, 0.25) is 0 Å². The van der Waals surface area contributed by atoms with Gasteiger partial charge in [-0.25, -0.2) is 0 Å². The Morgan fingerprint density at radius 2 is 0.961 bits per heavy atom. The molecular formula is C43H85ClN6O. The topological polar surface area (TPSA) is 109 Å². The second kappa shape index (κ2) is 34.8. The Balaban J connectivity index is 0.0000130. The highest BCUT2D eigenvalue weighted by Gasteiger charge is 2.15. The lowest BCUT2D eigenvalue weighted by atomic mass is 9.90. The first-order valence-corrected chi connectivity index (χ1v) is 21.7. The van der Waals surface area contributed by atoms with Gasteiger partial charge in [0.2, 0.25) is 0 Å². The van der Waals surface area contributed by atoms with Crippen molar-refractivity contribution in [2.24, 2.45) is 17.4 Å². The van der Waals surface area contributed by atoms with E-state index in [-0.39, 0.29) is 24.5 Å². The number of hydrogen-bond acceptors (Lipinski definition) is 7. The first kappa shape index (κ1) is 48.1. The van der Waals surface area contributed by atoms with Crippen molar-refractivity contribution in [3.8, 4) is 5.75 Å². The third kappa shape index (κ3) is 28.2. The maximum absolute atomic E-state index is 6.67. The Morgan fingerprint density at radius 1 is 0.549 bits per heavy atom. The van der Waals surface area contributed by atoms with Crippen LogP contribution < -0.4 is 37.5 Å². The average Bonchev–Trinajstić information content (AvgIpc) is 3.11. The van der Waals surface area contributed by atoms with Crippen molar-refractivity contribution < 1.29 is 4.74 Å². The minimum Gasteiger partial charge on any atom is -0.493 e. The Bertz CT molecular complexity index is 830. The van der Waals surface area contributed by atoms with Gasteiger partial charge in [0, 0.05) is 12.1 Å². The van der Waals surface area contributed by atoms with Gasteiger partial charge in [-0.1, -0.05) is 103 Å². The molecule has 1 fully saturated rings. The van der Waals surface area contributed by atoms with E-state index >= 15 is 0 Å². The van der Waals surface area contributed by atoms with Crippen LogP contribution in [0.1, 0.15) is 160 Å². The number of nitrogens with two attached hydrogens (primary N) is 2. The van der Waals surface area contributed by atoms with Gasteiger partial charge in [0.05, 0.1) is 6.61 Å². The lowest BCUT2D eigenvalue weighted by molar-refractivity contribution is 0.208. The lowest BCUT2D eigenvalue weighted by Crippen LogP contribution is -2.30.